The maximum Gasteiger partial charge on any atom is 0.346 e. The largest absolute Gasteiger partial charge is 0.497 e. The molecule has 1 spiro atoms. The van der Waals surface area contributed by atoms with E-state index >= 15 is 0 Å². The van der Waals surface area contributed by atoms with E-state index in [0.29, 0.717) is 36.2 Å². The van der Waals surface area contributed by atoms with Crippen LogP contribution in [0.3, 0.4) is 0 Å². The third-order valence-corrected chi connectivity index (χ3v) is 10.5. The molecule has 0 saturated heterocycles. The highest BCUT2D eigenvalue weighted by atomic mass is 16.6. The summed E-state index contributed by atoms with van der Waals surface area (Å²) in [7, 11) is 3.06. The third kappa shape index (κ3) is 4.19. The molecule has 2 fully saturated rings. The molecule has 216 valence electrons. The first-order valence-corrected chi connectivity index (χ1v) is 14.7. The van der Waals surface area contributed by atoms with Crippen LogP contribution in [-0.2, 0) is 36.6 Å². The van der Waals surface area contributed by atoms with Crippen molar-refractivity contribution in [1.29, 1.82) is 0 Å². The van der Waals surface area contributed by atoms with Crippen LogP contribution in [0.2, 0.25) is 0 Å². The summed E-state index contributed by atoms with van der Waals surface area (Å²) in [5.74, 6) is 0.627. The molecule has 41 heavy (non-hydrogen) atoms. The van der Waals surface area contributed by atoms with Crippen LogP contribution < -0.4 is 4.74 Å². The van der Waals surface area contributed by atoms with Crippen LogP contribution >= 0.6 is 0 Å². The molecular formula is C34H38O7. The Bertz CT molecular complexity index is 1420. The van der Waals surface area contributed by atoms with E-state index in [-0.39, 0.29) is 17.6 Å². The molecule has 0 amide bonds. The molecule has 7 nitrogen and oxygen atoms in total. The lowest BCUT2D eigenvalue weighted by atomic mass is 9.52. The lowest BCUT2D eigenvalue weighted by Gasteiger charge is -2.53. The molecule has 6 rings (SSSR count). The zero-order chi connectivity index (χ0) is 28.9. The Morgan fingerprint density at radius 3 is 2.49 bits per heavy atom. The Morgan fingerprint density at radius 2 is 1.78 bits per heavy atom. The van der Waals surface area contributed by atoms with E-state index in [1.165, 1.54) is 18.2 Å². The van der Waals surface area contributed by atoms with Crippen molar-refractivity contribution in [3.05, 3.63) is 75.9 Å². The molecule has 1 unspecified atom stereocenters. The number of aryl methyl sites for hydroxylation is 1. The van der Waals surface area contributed by atoms with E-state index in [1.807, 2.05) is 12.1 Å². The zero-order valence-corrected chi connectivity index (χ0v) is 24.3. The number of ether oxygens (including phenoxy) is 4. The van der Waals surface area contributed by atoms with Crippen LogP contribution in [0.1, 0.15) is 78.9 Å². The fraction of sp³-hybridized carbons (Fsp3) is 0.500. The monoisotopic (exact) mass is 558 g/mol. The summed E-state index contributed by atoms with van der Waals surface area (Å²) in [6.07, 6.45) is 6.02. The van der Waals surface area contributed by atoms with Gasteiger partial charge < -0.3 is 18.9 Å². The van der Waals surface area contributed by atoms with Gasteiger partial charge in [0.1, 0.15) is 16.9 Å². The molecule has 7 heteroatoms. The first-order chi connectivity index (χ1) is 19.8. The SMILES string of the molecule is CCOC(=O)C1=C(Cc2ccc(C(=O)OC)cc2)C2(CC[C@H]3[C@@H]4CCc5cc(OC)ccc5[C@H]4CC[C@@]32C)OC1=O. The Kier molecular flexibility index (Phi) is 6.95. The predicted octanol–water partition coefficient (Wildman–Crippen LogP) is 5.74. The third-order valence-electron chi connectivity index (χ3n) is 10.5. The Morgan fingerprint density at radius 1 is 1.00 bits per heavy atom. The van der Waals surface area contributed by atoms with Crippen molar-refractivity contribution in [2.45, 2.75) is 70.3 Å². The average molecular weight is 559 g/mol. The fourth-order valence-electron chi connectivity index (χ4n) is 8.66. The maximum atomic E-state index is 13.5. The smallest absolute Gasteiger partial charge is 0.346 e. The van der Waals surface area contributed by atoms with Gasteiger partial charge in [-0.25, -0.2) is 14.4 Å². The lowest BCUT2D eigenvalue weighted by molar-refractivity contribution is -0.162. The van der Waals surface area contributed by atoms with Crippen LogP contribution in [0.15, 0.2) is 53.6 Å². The molecule has 0 N–H and O–H groups in total. The number of fused-ring (bicyclic) bond motifs is 6. The molecule has 3 aliphatic carbocycles. The second-order valence-corrected chi connectivity index (χ2v) is 12.1. The van der Waals surface area contributed by atoms with Gasteiger partial charge in [0, 0.05) is 11.0 Å². The van der Waals surface area contributed by atoms with E-state index in [4.69, 9.17) is 18.9 Å². The molecule has 1 aliphatic heterocycles. The average Bonchev–Trinajstić information content (AvgIpc) is 3.44. The first kappa shape index (κ1) is 27.6. The van der Waals surface area contributed by atoms with Gasteiger partial charge in [-0.1, -0.05) is 25.1 Å². The first-order valence-electron chi connectivity index (χ1n) is 14.7. The summed E-state index contributed by atoms with van der Waals surface area (Å²) in [4.78, 5) is 38.7. The zero-order valence-electron chi connectivity index (χ0n) is 24.3. The molecule has 2 saturated carbocycles. The molecule has 0 bridgehead atoms. The van der Waals surface area contributed by atoms with Gasteiger partial charge in [-0.3, -0.25) is 0 Å². The highest BCUT2D eigenvalue weighted by Gasteiger charge is 2.68. The van der Waals surface area contributed by atoms with E-state index < -0.39 is 23.5 Å². The van der Waals surface area contributed by atoms with E-state index in [0.717, 1.165) is 49.0 Å². The Balaban J connectivity index is 1.38. The fourth-order valence-corrected chi connectivity index (χ4v) is 8.66. The quantitative estimate of drug-likeness (QED) is 0.254. The number of carbonyl (C=O) groups excluding carboxylic acids is 3. The van der Waals surface area contributed by atoms with Crippen molar-refractivity contribution in [3.8, 4) is 5.75 Å². The van der Waals surface area contributed by atoms with Crippen LogP contribution in [0.5, 0.6) is 5.75 Å². The Labute approximate surface area is 241 Å². The second-order valence-electron chi connectivity index (χ2n) is 12.1. The highest BCUT2D eigenvalue weighted by Crippen LogP contribution is 2.68. The number of hydrogen-bond donors (Lipinski definition) is 0. The summed E-state index contributed by atoms with van der Waals surface area (Å²) in [5.41, 5.74) is 3.79. The summed E-state index contributed by atoms with van der Waals surface area (Å²) in [6, 6.07) is 13.7. The van der Waals surface area contributed by atoms with Crippen molar-refractivity contribution < 1.29 is 33.3 Å². The van der Waals surface area contributed by atoms with Crippen LogP contribution in [-0.4, -0.2) is 44.3 Å². The number of esters is 3. The van der Waals surface area contributed by atoms with Gasteiger partial charge in [0.2, 0.25) is 0 Å². The van der Waals surface area contributed by atoms with Gasteiger partial charge >= 0.3 is 17.9 Å². The van der Waals surface area contributed by atoms with Crippen molar-refractivity contribution in [3.63, 3.8) is 0 Å². The van der Waals surface area contributed by atoms with Gasteiger partial charge in [-0.05, 0) is 111 Å². The number of hydrogen-bond acceptors (Lipinski definition) is 7. The van der Waals surface area contributed by atoms with Crippen LogP contribution in [0, 0.1) is 17.3 Å². The molecule has 0 aromatic heterocycles. The van der Waals surface area contributed by atoms with Gasteiger partial charge in [0.15, 0.2) is 0 Å². The van der Waals surface area contributed by atoms with Gasteiger partial charge in [-0.2, -0.15) is 0 Å². The maximum absolute atomic E-state index is 13.5. The number of methoxy groups -OCH3 is 2. The van der Waals surface area contributed by atoms with E-state index in [2.05, 4.69) is 25.1 Å². The van der Waals surface area contributed by atoms with Gasteiger partial charge in [0.05, 0.1) is 26.4 Å². The molecule has 1 heterocycles. The topological polar surface area (TPSA) is 88.1 Å². The van der Waals surface area contributed by atoms with Gasteiger partial charge in [0.25, 0.3) is 0 Å². The summed E-state index contributed by atoms with van der Waals surface area (Å²) < 4.78 is 22.1. The molecule has 2 aromatic carbocycles. The van der Waals surface area contributed by atoms with E-state index in [1.54, 1.807) is 26.2 Å². The predicted molar refractivity (Wildman–Crippen MR) is 152 cm³/mol. The number of carbonyl (C=O) groups is 3. The molecule has 5 atom stereocenters. The van der Waals surface area contributed by atoms with Crippen molar-refractivity contribution in [2.24, 2.45) is 17.3 Å². The van der Waals surface area contributed by atoms with Crippen molar-refractivity contribution >= 4 is 17.9 Å². The normalized spacial score (nSPS) is 29.9. The minimum absolute atomic E-state index is 0.0500. The number of rotatable bonds is 6. The van der Waals surface area contributed by atoms with Crippen LogP contribution in [0.25, 0.3) is 0 Å². The lowest BCUT2D eigenvalue weighted by Crippen LogP contribution is -2.52. The molecule has 4 aliphatic rings. The Hall–Kier alpha value is -3.61. The number of benzene rings is 2. The second kappa shape index (κ2) is 10.3. The van der Waals surface area contributed by atoms with Crippen molar-refractivity contribution in [2.75, 3.05) is 20.8 Å². The summed E-state index contributed by atoms with van der Waals surface area (Å²) in [5, 5.41) is 0. The molecular weight excluding hydrogens is 520 g/mol. The van der Waals surface area contributed by atoms with Gasteiger partial charge in [-0.15, -0.1) is 0 Å². The van der Waals surface area contributed by atoms with Crippen molar-refractivity contribution in [1.82, 2.24) is 0 Å². The molecule has 2 aromatic rings. The van der Waals surface area contributed by atoms with Crippen LogP contribution in [0.4, 0.5) is 0 Å². The summed E-state index contributed by atoms with van der Waals surface area (Å²) >= 11 is 0. The molecule has 0 radical (unpaired) electrons. The summed E-state index contributed by atoms with van der Waals surface area (Å²) in [6.45, 7) is 4.20. The highest BCUT2D eigenvalue weighted by molar-refractivity contribution is 6.17. The minimum atomic E-state index is -0.858. The van der Waals surface area contributed by atoms with E-state index in [9.17, 15) is 14.4 Å². The minimum Gasteiger partial charge on any atom is -0.497 e. The standard InChI is InChI=1S/C34H38O7/c1-5-40-31(36)29-28(18-20-6-8-21(9-7-20)30(35)39-4)34(41-32(29)37)17-15-27-26-12-10-22-19-23(38-3)11-13-24(22)25(26)14-16-33(27,34)2/h6-9,11,13,19,25-27H,5,10,12,14-18H2,1-4H3/t25-,26-,27+,33+,34?/m1/s1.